The third-order valence-electron chi connectivity index (χ3n) is 26.1. The second-order valence-electron chi connectivity index (χ2n) is 29.8. The molecule has 0 unspecified atom stereocenters. The molecule has 0 N–H and O–H groups in total. The van der Waals surface area contributed by atoms with Crippen LogP contribution in [0.3, 0.4) is 0 Å². The van der Waals surface area contributed by atoms with Gasteiger partial charge >= 0.3 is 0 Å². The molecule has 0 radical (unpaired) electrons. The van der Waals surface area contributed by atoms with Crippen LogP contribution in [-0.2, 0) is 19.7 Å². The first-order valence-corrected chi connectivity index (χ1v) is 35.3. The zero-order valence-electron chi connectivity index (χ0n) is 42.4. The van der Waals surface area contributed by atoms with Crippen LogP contribution in [-0.4, -0.2) is 28.8 Å². The van der Waals surface area contributed by atoms with Gasteiger partial charge < -0.3 is 8.85 Å². The molecule has 27 aromatic rings. The smallest absolute Gasteiger partial charge is 0.188 e. The van der Waals surface area contributed by atoms with Gasteiger partial charge in [0, 0.05) is 23.0 Å². The third-order valence-corrected chi connectivity index (χ3v) is 31.0. The highest BCUT2D eigenvalue weighted by molar-refractivity contribution is 6.82. The topological polar surface area (TPSA) is 18.5 Å². The summed E-state index contributed by atoms with van der Waals surface area (Å²) in [5, 5.41) is 86.7. The summed E-state index contributed by atoms with van der Waals surface area (Å²) in [6, 6.07) is 2.16. The van der Waals surface area contributed by atoms with Crippen molar-refractivity contribution in [2.24, 2.45) is 0 Å². The van der Waals surface area contributed by atoms with Gasteiger partial charge in [-0.2, -0.15) is 0 Å². The molecule has 0 aromatic heterocycles. The molecule has 0 fully saturated rings. The van der Waals surface area contributed by atoms with E-state index < -0.39 is 16.6 Å². The minimum Gasteiger partial charge on any atom is -0.415 e. The lowest BCUT2D eigenvalue weighted by Gasteiger charge is -2.52. The predicted molar refractivity (Wildman–Crippen MR) is 329 cm³/mol. The Bertz CT molecular complexity index is 7000. The fourth-order valence-corrected chi connectivity index (χ4v) is 33.1. The SMILES string of the molecule is CC(C)O[Si](C)(C)C[C@]12c3c4c5c6c7c8c9c%10c(c1c1c%11c2c2c%12c3c5c3c5c%12c%12c2c2c%11c%11c%13c1c%10c1c%10c9c9c7c7c6c3c3c5c5c%12c6c2c%11c2c(c%131)c1c%10c9c9c7c3c3c9c1c2c6c53)[C@@]48C[Si](C)(C)OC(C)C. The Morgan fingerprint density at radius 1 is 0.211 bits per heavy atom. The van der Waals surface area contributed by atoms with Crippen molar-refractivity contribution in [1.82, 2.24) is 0 Å². The maximum Gasteiger partial charge on any atom is 0.188 e. The number of rotatable bonds is 8. The summed E-state index contributed by atoms with van der Waals surface area (Å²) >= 11 is 0. The van der Waals surface area contributed by atoms with E-state index in [0.29, 0.717) is 0 Å². The maximum absolute atomic E-state index is 7.61. The van der Waals surface area contributed by atoms with Crippen LogP contribution in [0.1, 0.15) is 61.1 Å². The second-order valence-corrected chi connectivity index (χ2v) is 38.0. The molecule has 2 atom stereocenters. The first kappa shape index (κ1) is 32.4. The molecule has 27 aromatic carbocycles. The Morgan fingerprint density at radius 3 is 0.500 bits per heavy atom. The molecule has 0 spiro atoms. The molecule has 0 saturated heterocycles. The first-order valence-electron chi connectivity index (χ1n) is 29.1. The van der Waals surface area contributed by atoms with Crippen molar-refractivity contribution in [2.45, 2.75) is 89.0 Å². The van der Waals surface area contributed by atoms with Gasteiger partial charge in [-0.1, -0.05) is 0 Å². The van der Waals surface area contributed by atoms with Crippen molar-refractivity contribution in [3.63, 3.8) is 0 Å². The van der Waals surface area contributed by atoms with E-state index in [4.69, 9.17) is 8.85 Å². The van der Waals surface area contributed by atoms with Gasteiger partial charge in [0.2, 0.25) is 0 Å². The number of benzene rings is 17. The minimum absolute atomic E-state index is 0.174. The van der Waals surface area contributed by atoms with Gasteiger partial charge in [0.25, 0.3) is 0 Å². The van der Waals surface area contributed by atoms with E-state index in [1.165, 1.54) is 0 Å². The molecule has 0 heterocycles. The molecule has 0 saturated carbocycles. The molecule has 0 aliphatic heterocycles. The highest BCUT2D eigenvalue weighted by Crippen LogP contribution is 2.85. The Labute approximate surface area is 425 Å². The molecule has 4 heteroatoms. The summed E-state index contributed by atoms with van der Waals surface area (Å²) < 4.78 is 15.2. The summed E-state index contributed by atoms with van der Waals surface area (Å²) in [5.74, 6) is 0. The standard InChI is InChI=1S/C72H30O2Si2/c1-11(2)73-75(5,6)9-71-65-57-48-41-28-21-15-16-18-14-13-17(15)26(28)32-30-19(13)23-20(14)31-33-27(18)29-22(16)25-24(21)35-43-36(25)45-42(29)49-47(33)51-38(31)40-34(23)39-37(30)50(46(32)48)61(65)63-52(39)53(40)64-62(51)66-58(49)55(45)60-56(43)59(54(57)44(35)41)67(71)68(60)72(66,70(64)69(63)71)10-76(7,8)74-12(3)4/h11-12H,9-10H2,1-8H3/t71-,72+. The van der Waals surface area contributed by atoms with Crippen LogP contribution in [0.4, 0.5) is 0 Å². The van der Waals surface area contributed by atoms with E-state index >= 15 is 0 Å². The van der Waals surface area contributed by atoms with Crippen LogP contribution in [0.2, 0.25) is 38.3 Å². The van der Waals surface area contributed by atoms with Gasteiger partial charge in [0.05, 0.1) is 0 Å². The lowest BCUT2D eigenvalue weighted by molar-refractivity contribution is 0.226. The molecule has 338 valence electrons. The average molecular weight is 983 g/mol. The van der Waals surface area contributed by atoms with Crippen molar-refractivity contribution < 1.29 is 8.85 Å². The second kappa shape index (κ2) is 7.51. The molecule has 0 amide bonds. The van der Waals surface area contributed by atoms with E-state index in [0.717, 1.165) is 12.1 Å². The number of hydrogen-bond donors (Lipinski definition) is 0. The Hall–Kier alpha value is -7.19. The third kappa shape index (κ3) is 1.93. The van der Waals surface area contributed by atoms with Crippen LogP contribution in [0, 0.1) is 0 Å². The average Bonchev–Trinajstić information content (AvgIpc) is 3.19. The molecule has 5 aliphatic rings. The lowest BCUT2D eigenvalue weighted by Crippen LogP contribution is -2.50. The fourth-order valence-electron chi connectivity index (χ4n) is 26.7. The molecule has 0 bridgehead atoms. The maximum atomic E-state index is 7.61. The Balaban J connectivity index is 1.13. The van der Waals surface area contributed by atoms with E-state index in [1.54, 1.807) is 313 Å². The molecule has 5 aliphatic carbocycles. The van der Waals surface area contributed by atoms with E-state index in [-0.39, 0.29) is 23.0 Å². The van der Waals surface area contributed by atoms with Crippen LogP contribution in [0.5, 0.6) is 0 Å². The van der Waals surface area contributed by atoms with Crippen LogP contribution in [0.15, 0.2) is 0 Å². The monoisotopic (exact) mass is 982 g/mol. The fraction of sp³-hybridized carbons (Fsp3) is 0.194. The minimum atomic E-state index is -2.47. The molecule has 32 rings (SSSR count). The van der Waals surface area contributed by atoms with Crippen molar-refractivity contribution in [1.29, 1.82) is 0 Å². The van der Waals surface area contributed by atoms with Crippen molar-refractivity contribution >= 4 is 297 Å². The summed E-state index contributed by atoms with van der Waals surface area (Å²) in [7, 11) is -4.93. The Kier molecular flexibility index (Phi) is 3.20. The molecule has 2 nitrogen and oxygen atoms in total. The van der Waals surface area contributed by atoms with Gasteiger partial charge in [-0.15, -0.1) is 0 Å². The summed E-state index contributed by atoms with van der Waals surface area (Å²) in [6.45, 7) is 19.8. The van der Waals surface area contributed by atoms with Gasteiger partial charge in [-0.25, -0.2) is 0 Å². The highest BCUT2D eigenvalue weighted by atomic mass is 28.4. The summed E-state index contributed by atoms with van der Waals surface area (Å²) in [6.07, 6.45) is 0.349. The summed E-state index contributed by atoms with van der Waals surface area (Å²) in [4.78, 5) is 0. The molecular formula is C72H30O2Si2. The normalized spacial score (nSPS) is 21.7. The van der Waals surface area contributed by atoms with Crippen molar-refractivity contribution in [2.75, 3.05) is 0 Å². The largest absolute Gasteiger partial charge is 0.415 e. The highest BCUT2D eigenvalue weighted by Gasteiger charge is 2.68. The van der Waals surface area contributed by atoms with Crippen LogP contribution < -0.4 is 0 Å². The van der Waals surface area contributed by atoms with Gasteiger partial charge in [-0.3, -0.25) is 0 Å². The van der Waals surface area contributed by atoms with E-state index in [1.807, 2.05) is 0 Å². The van der Waals surface area contributed by atoms with E-state index in [9.17, 15) is 0 Å². The summed E-state index contributed by atoms with van der Waals surface area (Å²) in [5.41, 5.74) is 9.90. The van der Waals surface area contributed by atoms with Crippen molar-refractivity contribution in [3.05, 3.63) is 33.4 Å². The van der Waals surface area contributed by atoms with Crippen molar-refractivity contribution in [3.8, 4) is 0 Å². The zero-order valence-corrected chi connectivity index (χ0v) is 44.4. The molecule has 76 heavy (non-hydrogen) atoms. The van der Waals surface area contributed by atoms with E-state index in [2.05, 4.69) is 53.9 Å². The van der Waals surface area contributed by atoms with Crippen LogP contribution in [0.25, 0.3) is 280 Å². The first-order chi connectivity index (χ1) is 37.0. The van der Waals surface area contributed by atoms with Gasteiger partial charge in [-0.05, 0) is 379 Å². The van der Waals surface area contributed by atoms with Gasteiger partial charge in [0.15, 0.2) is 16.6 Å². The molecular weight excluding hydrogens is 953 g/mol. The predicted octanol–water partition coefficient (Wildman–Crippen LogP) is 20.2. The quantitative estimate of drug-likeness (QED) is 0.112. The lowest BCUT2D eigenvalue weighted by atomic mass is 9.55. The number of hydrogen-bond acceptors (Lipinski definition) is 2. The Morgan fingerprint density at radius 2 is 0.329 bits per heavy atom. The van der Waals surface area contributed by atoms with Gasteiger partial charge in [0.1, 0.15) is 0 Å². The zero-order chi connectivity index (χ0) is 47.5. The van der Waals surface area contributed by atoms with Crippen LogP contribution >= 0.6 is 0 Å².